The SMILES string of the molecule is Cn1ncc2c1CCCC2NC(=O)Nc1cnc2ccccc2c1. The molecule has 0 saturated carbocycles. The number of para-hydroxylation sites is 1. The van der Waals surface area contributed by atoms with Gasteiger partial charge < -0.3 is 10.6 Å². The number of rotatable bonds is 2. The number of hydrogen-bond donors (Lipinski definition) is 2. The van der Waals surface area contributed by atoms with Gasteiger partial charge in [0.25, 0.3) is 0 Å². The molecule has 1 aromatic carbocycles. The number of nitrogens with one attached hydrogen (secondary N) is 2. The minimum absolute atomic E-state index is 0.0101. The van der Waals surface area contributed by atoms with Gasteiger partial charge >= 0.3 is 6.03 Å². The summed E-state index contributed by atoms with van der Waals surface area (Å²) in [5.41, 5.74) is 3.93. The number of carbonyl (C=O) groups is 1. The zero-order chi connectivity index (χ0) is 16.5. The lowest BCUT2D eigenvalue weighted by Crippen LogP contribution is -2.34. The first-order chi connectivity index (χ1) is 11.7. The van der Waals surface area contributed by atoms with Gasteiger partial charge in [-0.1, -0.05) is 18.2 Å². The fraction of sp³-hybridized carbons (Fsp3) is 0.278. The molecule has 3 aromatic rings. The second-order valence-corrected chi connectivity index (χ2v) is 6.13. The first-order valence-electron chi connectivity index (χ1n) is 8.14. The van der Waals surface area contributed by atoms with Crippen molar-refractivity contribution in [2.24, 2.45) is 7.05 Å². The maximum absolute atomic E-state index is 12.4. The third kappa shape index (κ3) is 2.71. The van der Waals surface area contributed by atoms with Crippen LogP contribution in [0.3, 0.4) is 0 Å². The monoisotopic (exact) mass is 321 g/mol. The van der Waals surface area contributed by atoms with Gasteiger partial charge in [0, 0.05) is 23.7 Å². The molecule has 1 unspecified atom stereocenters. The number of carbonyl (C=O) groups excluding carboxylic acids is 1. The van der Waals surface area contributed by atoms with Gasteiger partial charge in [-0.3, -0.25) is 9.67 Å². The number of aromatic nitrogens is 3. The normalized spacial score (nSPS) is 16.6. The Morgan fingerprint density at radius 2 is 2.17 bits per heavy atom. The Morgan fingerprint density at radius 3 is 3.08 bits per heavy atom. The second kappa shape index (κ2) is 5.96. The Labute approximate surface area is 139 Å². The van der Waals surface area contributed by atoms with Gasteiger partial charge in [0.1, 0.15) is 0 Å². The van der Waals surface area contributed by atoms with Gasteiger partial charge in [-0.2, -0.15) is 5.10 Å². The van der Waals surface area contributed by atoms with Crippen LogP contribution in [-0.4, -0.2) is 20.8 Å². The summed E-state index contributed by atoms with van der Waals surface area (Å²) in [6.45, 7) is 0. The Hall–Kier alpha value is -2.89. The quantitative estimate of drug-likeness (QED) is 0.761. The molecule has 6 nitrogen and oxygen atoms in total. The lowest BCUT2D eigenvalue weighted by molar-refractivity contribution is 0.247. The summed E-state index contributed by atoms with van der Waals surface area (Å²) in [7, 11) is 1.95. The number of anilines is 1. The molecule has 2 heterocycles. The molecule has 0 radical (unpaired) electrons. The van der Waals surface area contributed by atoms with Crippen LogP contribution in [0.15, 0.2) is 42.7 Å². The molecule has 1 aliphatic rings. The number of amides is 2. The van der Waals surface area contributed by atoms with Crippen molar-refractivity contribution >= 4 is 22.6 Å². The molecule has 0 spiro atoms. The summed E-state index contributed by atoms with van der Waals surface area (Å²) < 4.78 is 1.90. The number of aryl methyl sites for hydroxylation is 1. The molecule has 2 N–H and O–H groups in total. The van der Waals surface area contributed by atoms with Gasteiger partial charge in [-0.25, -0.2) is 4.79 Å². The van der Waals surface area contributed by atoms with Crippen molar-refractivity contribution in [3.63, 3.8) is 0 Å². The molecule has 6 heteroatoms. The molecule has 24 heavy (non-hydrogen) atoms. The highest BCUT2D eigenvalue weighted by atomic mass is 16.2. The topological polar surface area (TPSA) is 71.8 Å². The van der Waals surface area contributed by atoms with E-state index in [2.05, 4.69) is 20.7 Å². The predicted octanol–water partition coefficient (Wildman–Crippen LogP) is 3.17. The zero-order valence-corrected chi connectivity index (χ0v) is 13.5. The van der Waals surface area contributed by atoms with E-state index in [9.17, 15) is 4.79 Å². The van der Waals surface area contributed by atoms with Crippen molar-refractivity contribution < 1.29 is 4.79 Å². The number of nitrogens with zero attached hydrogens (tertiary/aromatic N) is 3. The number of fused-ring (bicyclic) bond motifs is 2. The third-order valence-electron chi connectivity index (χ3n) is 4.53. The number of hydrogen-bond acceptors (Lipinski definition) is 3. The van der Waals surface area contributed by atoms with E-state index in [1.54, 1.807) is 6.20 Å². The maximum Gasteiger partial charge on any atom is 0.319 e. The van der Waals surface area contributed by atoms with E-state index >= 15 is 0 Å². The molecule has 0 fully saturated rings. The van der Waals surface area contributed by atoms with E-state index in [1.165, 1.54) is 5.69 Å². The van der Waals surface area contributed by atoms with Crippen LogP contribution in [0, 0.1) is 0 Å². The smallest absolute Gasteiger partial charge is 0.319 e. The zero-order valence-electron chi connectivity index (χ0n) is 13.5. The van der Waals surface area contributed by atoms with E-state index in [0.29, 0.717) is 5.69 Å². The molecule has 0 aliphatic heterocycles. The van der Waals surface area contributed by atoms with Crippen molar-refractivity contribution in [2.45, 2.75) is 25.3 Å². The molecule has 4 rings (SSSR count). The average Bonchev–Trinajstić information content (AvgIpc) is 2.97. The average molecular weight is 321 g/mol. The van der Waals surface area contributed by atoms with E-state index in [1.807, 2.05) is 48.3 Å². The third-order valence-corrected chi connectivity index (χ3v) is 4.53. The van der Waals surface area contributed by atoms with Crippen molar-refractivity contribution in [3.8, 4) is 0 Å². The summed E-state index contributed by atoms with van der Waals surface area (Å²) in [5.74, 6) is 0. The summed E-state index contributed by atoms with van der Waals surface area (Å²) >= 11 is 0. The van der Waals surface area contributed by atoms with Crippen LogP contribution in [0.1, 0.15) is 30.1 Å². The van der Waals surface area contributed by atoms with Crippen LogP contribution in [0.2, 0.25) is 0 Å². The van der Waals surface area contributed by atoms with Crippen LogP contribution in [0.5, 0.6) is 0 Å². The van der Waals surface area contributed by atoms with Gasteiger partial charge in [0.05, 0.1) is 29.6 Å². The van der Waals surface area contributed by atoms with Crippen LogP contribution < -0.4 is 10.6 Å². The molecule has 1 aliphatic carbocycles. The predicted molar refractivity (Wildman–Crippen MR) is 92.8 cm³/mol. The van der Waals surface area contributed by atoms with Gasteiger partial charge in [-0.15, -0.1) is 0 Å². The Balaban J connectivity index is 1.48. The van der Waals surface area contributed by atoms with Crippen molar-refractivity contribution in [1.29, 1.82) is 0 Å². The minimum atomic E-state index is -0.214. The summed E-state index contributed by atoms with van der Waals surface area (Å²) in [4.78, 5) is 16.7. The molecule has 0 saturated heterocycles. The van der Waals surface area contributed by atoms with Gasteiger partial charge in [-0.05, 0) is 31.4 Å². The first-order valence-corrected chi connectivity index (χ1v) is 8.14. The fourth-order valence-corrected chi connectivity index (χ4v) is 3.32. The van der Waals surface area contributed by atoms with E-state index in [-0.39, 0.29) is 12.1 Å². The van der Waals surface area contributed by atoms with Crippen LogP contribution in [0.4, 0.5) is 10.5 Å². The molecule has 1 atom stereocenters. The highest BCUT2D eigenvalue weighted by Gasteiger charge is 2.24. The minimum Gasteiger partial charge on any atom is -0.331 e. The fourth-order valence-electron chi connectivity index (χ4n) is 3.32. The second-order valence-electron chi connectivity index (χ2n) is 6.13. The number of pyridine rings is 1. The summed E-state index contributed by atoms with van der Waals surface area (Å²) in [6, 6.07) is 9.56. The van der Waals surface area contributed by atoms with E-state index < -0.39 is 0 Å². The van der Waals surface area contributed by atoms with Crippen molar-refractivity contribution in [3.05, 3.63) is 54.0 Å². The van der Waals surface area contributed by atoms with E-state index in [4.69, 9.17) is 0 Å². The van der Waals surface area contributed by atoms with Crippen LogP contribution >= 0.6 is 0 Å². The first kappa shape index (κ1) is 14.7. The molecular formula is C18H19N5O. The molecule has 0 bridgehead atoms. The van der Waals surface area contributed by atoms with Gasteiger partial charge in [0.15, 0.2) is 0 Å². The summed E-state index contributed by atoms with van der Waals surface area (Å²) in [6.07, 6.45) is 6.53. The lowest BCUT2D eigenvalue weighted by Gasteiger charge is -2.23. The van der Waals surface area contributed by atoms with Crippen molar-refractivity contribution in [1.82, 2.24) is 20.1 Å². The maximum atomic E-state index is 12.4. The lowest BCUT2D eigenvalue weighted by atomic mass is 9.93. The largest absolute Gasteiger partial charge is 0.331 e. The standard InChI is InChI=1S/C18H19N5O/c1-23-17-8-4-7-16(14(17)11-20-23)22-18(24)21-13-9-12-5-2-3-6-15(12)19-10-13/h2-3,5-6,9-11,16H,4,7-8H2,1H3,(H2,21,22,24). The van der Waals surface area contributed by atoms with Crippen LogP contribution in [0.25, 0.3) is 10.9 Å². The molecule has 2 amide bonds. The van der Waals surface area contributed by atoms with Crippen molar-refractivity contribution in [2.75, 3.05) is 5.32 Å². The molecule has 2 aromatic heterocycles. The highest BCUT2D eigenvalue weighted by Crippen LogP contribution is 2.29. The Morgan fingerprint density at radius 1 is 1.29 bits per heavy atom. The Kier molecular flexibility index (Phi) is 3.65. The van der Waals surface area contributed by atoms with Crippen LogP contribution in [-0.2, 0) is 13.5 Å². The molecule has 122 valence electrons. The highest BCUT2D eigenvalue weighted by molar-refractivity contribution is 5.92. The molecular weight excluding hydrogens is 302 g/mol. The number of urea groups is 1. The van der Waals surface area contributed by atoms with Gasteiger partial charge in [0.2, 0.25) is 0 Å². The summed E-state index contributed by atoms with van der Waals surface area (Å²) in [5, 5.41) is 11.2. The van der Waals surface area contributed by atoms with E-state index in [0.717, 1.165) is 35.7 Å². The Bertz CT molecular complexity index is 901. The number of benzene rings is 1.